The zero-order valence-electron chi connectivity index (χ0n) is 16.1. The zero-order valence-corrected chi connectivity index (χ0v) is 18.5. The molecule has 0 N–H and O–H groups in total. The number of likely N-dealkylation sites (tertiary alicyclic amines) is 1. The second-order valence-corrected chi connectivity index (χ2v) is 8.59. The fourth-order valence-corrected chi connectivity index (χ4v) is 5.77. The van der Waals surface area contributed by atoms with Crippen LogP contribution < -0.4 is 0 Å². The van der Waals surface area contributed by atoms with E-state index in [9.17, 15) is 0 Å². The molecule has 2 atom stereocenters. The summed E-state index contributed by atoms with van der Waals surface area (Å²) in [6, 6.07) is 18.5. The SMILES string of the molecule is Cl.Cl.Clc1ccc(C23CC(N4CCCC4)CCN2CCc2ccccc23)cc1. The molecule has 0 bridgehead atoms. The lowest BCUT2D eigenvalue weighted by Crippen LogP contribution is -2.59. The molecule has 2 unspecified atom stereocenters. The van der Waals surface area contributed by atoms with E-state index in [1.54, 1.807) is 0 Å². The maximum absolute atomic E-state index is 6.23. The highest BCUT2D eigenvalue weighted by Crippen LogP contribution is 2.48. The first-order valence-electron chi connectivity index (χ1n) is 10.1. The summed E-state index contributed by atoms with van der Waals surface area (Å²) in [6.45, 7) is 4.91. The fourth-order valence-electron chi connectivity index (χ4n) is 5.65. The van der Waals surface area contributed by atoms with E-state index in [1.807, 2.05) is 0 Å². The lowest BCUT2D eigenvalue weighted by Gasteiger charge is -2.55. The molecule has 5 rings (SSSR count). The van der Waals surface area contributed by atoms with Crippen LogP contribution >= 0.6 is 36.4 Å². The maximum Gasteiger partial charge on any atom is 0.0733 e. The largest absolute Gasteiger partial charge is 0.300 e. The standard InChI is InChI=1S/C23H27ClN2.2ClH/c24-20-9-7-19(8-10-20)23-17-21(25-13-3-4-14-25)12-16-26(23)15-11-18-5-1-2-6-22(18)23;;/h1-2,5-10,21H,3-4,11-17H2;2*1H. The van der Waals surface area contributed by atoms with Crippen LogP contribution in [0.15, 0.2) is 48.5 Å². The van der Waals surface area contributed by atoms with Crippen molar-refractivity contribution >= 4 is 36.4 Å². The predicted octanol–water partition coefficient (Wildman–Crippen LogP) is 5.54. The van der Waals surface area contributed by atoms with Crippen molar-refractivity contribution in [2.45, 2.75) is 43.7 Å². The molecule has 2 aromatic rings. The van der Waals surface area contributed by atoms with Crippen LogP contribution in [-0.4, -0.2) is 42.0 Å². The Kier molecular flexibility index (Phi) is 7.00. The first-order chi connectivity index (χ1) is 12.8. The second-order valence-electron chi connectivity index (χ2n) is 8.15. The number of fused-ring (bicyclic) bond motifs is 3. The lowest BCUT2D eigenvalue weighted by atomic mass is 9.69. The number of piperidine rings is 1. The highest BCUT2D eigenvalue weighted by molar-refractivity contribution is 6.30. The van der Waals surface area contributed by atoms with Gasteiger partial charge in [-0.05, 0) is 74.0 Å². The number of benzene rings is 2. The quantitative estimate of drug-likeness (QED) is 0.606. The molecule has 0 aromatic heterocycles. The third-order valence-corrected chi connectivity index (χ3v) is 7.15. The highest BCUT2D eigenvalue weighted by Gasteiger charge is 2.48. The van der Waals surface area contributed by atoms with E-state index in [4.69, 9.17) is 11.6 Å². The molecule has 3 aliphatic heterocycles. The van der Waals surface area contributed by atoms with Gasteiger partial charge in [-0.2, -0.15) is 0 Å². The highest BCUT2D eigenvalue weighted by atomic mass is 35.5. The Bertz CT molecular complexity index is 789. The number of hydrogen-bond acceptors (Lipinski definition) is 2. The van der Waals surface area contributed by atoms with Crippen molar-refractivity contribution in [3.8, 4) is 0 Å². The molecule has 3 heterocycles. The third kappa shape index (κ3) is 3.59. The van der Waals surface area contributed by atoms with Gasteiger partial charge in [-0.25, -0.2) is 0 Å². The molecule has 3 aliphatic rings. The van der Waals surface area contributed by atoms with Crippen LogP contribution in [-0.2, 0) is 12.0 Å². The summed E-state index contributed by atoms with van der Waals surface area (Å²) >= 11 is 6.23. The lowest BCUT2D eigenvalue weighted by molar-refractivity contribution is 0.0174. The van der Waals surface area contributed by atoms with E-state index in [-0.39, 0.29) is 30.4 Å². The molecular weight excluding hydrogens is 411 g/mol. The van der Waals surface area contributed by atoms with E-state index in [0.29, 0.717) is 6.04 Å². The normalized spacial score (nSPS) is 27.2. The second kappa shape index (κ2) is 8.93. The van der Waals surface area contributed by atoms with Gasteiger partial charge in [0, 0.05) is 24.2 Å². The van der Waals surface area contributed by atoms with Gasteiger partial charge in [0.15, 0.2) is 0 Å². The van der Waals surface area contributed by atoms with Gasteiger partial charge in [-0.3, -0.25) is 4.90 Å². The van der Waals surface area contributed by atoms with Gasteiger partial charge in [0.2, 0.25) is 0 Å². The Morgan fingerprint density at radius 3 is 2.32 bits per heavy atom. The van der Waals surface area contributed by atoms with Gasteiger partial charge in [-0.1, -0.05) is 48.0 Å². The van der Waals surface area contributed by atoms with Gasteiger partial charge in [0.05, 0.1) is 5.54 Å². The summed E-state index contributed by atoms with van der Waals surface area (Å²) < 4.78 is 0. The topological polar surface area (TPSA) is 6.48 Å². The Morgan fingerprint density at radius 2 is 1.57 bits per heavy atom. The minimum absolute atomic E-state index is 0. The molecular formula is C23H29Cl3N2. The van der Waals surface area contributed by atoms with Gasteiger partial charge in [0.1, 0.15) is 0 Å². The minimum Gasteiger partial charge on any atom is -0.300 e. The van der Waals surface area contributed by atoms with Crippen LogP contribution in [0.2, 0.25) is 5.02 Å². The van der Waals surface area contributed by atoms with Gasteiger partial charge < -0.3 is 4.90 Å². The van der Waals surface area contributed by atoms with E-state index < -0.39 is 0 Å². The summed E-state index contributed by atoms with van der Waals surface area (Å²) in [5, 5.41) is 0.827. The van der Waals surface area contributed by atoms with Crippen molar-refractivity contribution in [2.24, 2.45) is 0 Å². The Hall–Kier alpha value is -0.770. The third-order valence-electron chi connectivity index (χ3n) is 6.90. The number of halogens is 3. The van der Waals surface area contributed by atoms with Crippen molar-refractivity contribution in [1.29, 1.82) is 0 Å². The first kappa shape index (κ1) is 21.9. The summed E-state index contributed by atoms with van der Waals surface area (Å²) in [5.74, 6) is 0. The van der Waals surface area contributed by atoms with E-state index in [1.165, 1.54) is 68.4 Å². The molecule has 0 saturated carbocycles. The summed E-state index contributed by atoms with van der Waals surface area (Å²) in [4.78, 5) is 5.51. The van der Waals surface area contributed by atoms with Crippen molar-refractivity contribution < 1.29 is 0 Å². The number of rotatable bonds is 2. The van der Waals surface area contributed by atoms with Crippen molar-refractivity contribution in [3.63, 3.8) is 0 Å². The Morgan fingerprint density at radius 1 is 0.857 bits per heavy atom. The fraction of sp³-hybridized carbons (Fsp3) is 0.478. The van der Waals surface area contributed by atoms with Crippen molar-refractivity contribution in [3.05, 3.63) is 70.2 Å². The van der Waals surface area contributed by atoms with Crippen molar-refractivity contribution in [1.82, 2.24) is 9.80 Å². The van der Waals surface area contributed by atoms with Crippen LogP contribution in [0.25, 0.3) is 0 Å². The molecule has 2 nitrogen and oxygen atoms in total. The average Bonchev–Trinajstić information content (AvgIpc) is 3.23. The minimum atomic E-state index is 0. The molecule has 5 heteroatoms. The smallest absolute Gasteiger partial charge is 0.0733 e. The van der Waals surface area contributed by atoms with E-state index >= 15 is 0 Å². The summed E-state index contributed by atoms with van der Waals surface area (Å²) in [5.41, 5.74) is 4.47. The van der Waals surface area contributed by atoms with Crippen LogP contribution in [0.5, 0.6) is 0 Å². The molecule has 2 saturated heterocycles. The molecule has 152 valence electrons. The van der Waals surface area contributed by atoms with Crippen LogP contribution in [0.1, 0.15) is 42.4 Å². The molecule has 0 aliphatic carbocycles. The Labute approximate surface area is 186 Å². The zero-order chi connectivity index (χ0) is 17.6. The average molecular weight is 440 g/mol. The molecule has 2 fully saturated rings. The molecule has 0 amide bonds. The van der Waals surface area contributed by atoms with Gasteiger partial charge >= 0.3 is 0 Å². The molecule has 0 radical (unpaired) electrons. The van der Waals surface area contributed by atoms with Gasteiger partial charge in [-0.15, -0.1) is 24.8 Å². The number of nitrogens with zero attached hydrogens (tertiary/aromatic N) is 2. The molecule has 2 aromatic carbocycles. The predicted molar refractivity (Wildman–Crippen MR) is 122 cm³/mol. The monoisotopic (exact) mass is 438 g/mol. The van der Waals surface area contributed by atoms with Crippen LogP contribution in [0.3, 0.4) is 0 Å². The summed E-state index contributed by atoms with van der Waals surface area (Å²) in [6.07, 6.45) is 6.40. The molecule has 0 spiro atoms. The van der Waals surface area contributed by atoms with Gasteiger partial charge in [0.25, 0.3) is 0 Å². The first-order valence-corrected chi connectivity index (χ1v) is 10.5. The van der Waals surface area contributed by atoms with Crippen LogP contribution in [0.4, 0.5) is 0 Å². The van der Waals surface area contributed by atoms with Crippen molar-refractivity contribution in [2.75, 3.05) is 26.2 Å². The number of hydrogen-bond donors (Lipinski definition) is 0. The van der Waals surface area contributed by atoms with E-state index in [2.05, 4.69) is 58.3 Å². The summed E-state index contributed by atoms with van der Waals surface area (Å²) in [7, 11) is 0. The molecule has 28 heavy (non-hydrogen) atoms. The Balaban J connectivity index is 0.00000112. The maximum atomic E-state index is 6.23. The van der Waals surface area contributed by atoms with Crippen LogP contribution in [0, 0.1) is 0 Å². The van der Waals surface area contributed by atoms with E-state index in [0.717, 1.165) is 11.6 Å².